The second-order valence-electron chi connectivity index (χ2n) is 5.55. The van der Waals surface area contributed by atoms with Crippen LogP contribution in [0.5, 0.6) is 11.5 Å². The van der Waals surface area contributed by atoms with Gasteiger partial charge in [0.05, 0.1) is 13.7 Å². The van der Waals surface area contributed by atoms with Crippen LogP contribution in [0.2, 0.25) is 0 Å². The molecule has 0 bridgehead atoms. The second kappa shape index (κ2) is 6.22. The van der Waals surface area contributed by atoms with E-state index in [2.05, 4.69) is 12.1 Å². The highest BCUT2D eigenvalue weighted by Crippen LogP contribution is 2.49. The fraction of sp³-hybridized carbons (Fsp3) is 0.316. The minimum Gasteiger partial charge on any atom is -0.497 e. The van der Waals surface area contributed by atoms with Gasteiger partial charge in [0.25, 0.3) is 0 Å². The lowest BCUT2D eigenvalue weighted by Crippen LogP contribution is -2.03. The molecule has 1 aliphatic rings. The Hall–Kier alpha value is -2.29. The third-order valence-corrected chi connectivity index (χ3v) is 4.10. The lowest BCUT2D eigenvalue weighted by molar-refractivity contribution is 0.0965. The molecule has 0 radical (unpaired) electrons. The van der Waals surface area contributed by atoms with E-state index in [1.54, 1.807) is 7.11 Å². The van der Waals surface area contributed by atoms with E-state index in [9.17, 15) is 4.79 Å². The van der Waals surface area contributed by atoms with Crippen LogP contribution >= 0.6 is 0 Å². The van der Waals surface area contributed by atoms with Crippen molar-refractivity contribution < 1.29 is 14.3 Å². The Bertz CT molecular complexity index is 661. The number of carbonyl (C=O) groups excluding carboxylic acids is 1. The number of benzene rings is 2. The zero-order valence-electron chi connectivity index (χ0n) is 12.9. The van der Waals surface area contributed by atoms with Gasteiger partial charge in [-0.15, -0.1) is 0 Å². The Morgan fingerprint density at radius 1 is 1.14 bits per heavy atom. The number of carbonyl (C=O) groups is 1. The SMILES string of the molecule is CCOc1cccc(C2CC2C(=O)c2ccc(OC)cc2)c1. The fourth-order valence-electron chi connectivity index (χ4n) is 2.82. The van der Waals surface area contributed by atoms with Gasteiger partial charge in [-0.25, -0.2) is 0 Å². The first-order valence-corrected chi connectivity index (χ1v) is 7.64. The molecule has 3 rings (SSSR count). The number of methoxy groups -OCH3 is 1. The molecule has 1 aliphatic carbocycles. The summed E-state index contributed by atoms with van der Waals surface area (Å²) in [4.78, 5) is 12.5. The number of Topliss-reactive ketones (excluding diaryl/α,β-unsaturated/α-hetero) is 1. The molecule has 1 fully saturated rings. The largest absolute Gasteiger partial charge is 0.497 e. The quantitative estimate of drug-likeness (QED) is 0.753. The van der Waals surface area contributed by atoms with E-state index in [4.69, 9.17) is 9.47 Å². The summed E-state index contributed by atoms with van der Waals surface area (Å²) in [6, 6.07) is 15.4. The van der Waals surface area contributed by atoms with Crippen LogP contribution in [-0.4, -0.2) is 19.5 Å². The molecular weight excluding hydrogens is 276 g/mol. The van der Waals surface area contributed by atoms with Crippen molar-refractivity contribution in [1.29, 1.82) is 0 Å². The van der Waals surface area contributed by atoms with Crippen molar-refractivity contribution in [1.82, 2.24) is 0 Å². The molecule has 0 heterocycles. The Balaban J connectivity index is 1.70. The van der Waals surface area contributed by atoms with Crippen LogP contribution in [0.4, 0.5) is 0 Å². The van der Waals surface area contributed by atoms with Gasteiger partial charge in [-0.05, 0) is 61.2 Å². The van der Waals surface area contributed by atoms with Gasteiger partial charge in [-0.1, -0.05) is 12.1 Å². The van der Waals surface area contributed by atoms with Gasteiger partial charge in [0, 0.05) is 11.5 Å². The van der Waals surface area contributed by atoms with Crippen molar-refractivity contribution in [3.63, 3.8) is 0 Å². The van der Waals surface area contributed by atoms with Crippen LogP contribution in [0.3, 0.4) is 0 Å². The Morgan fingerprint density at radius 3 is 2.59 bits per heavy atom. The maximum atomic E-state index is 12.5. The molecule has 0 saturated heterocycles. The van der Waals surface area contributed by atoms with E-state index in [0.29, 0.717) is 12.5 Å². The number of ether oxygens (including phenoxy) is 2. The van der Waals surface area contributed by atoms with Crippen LogP contribution in [0.15, 0.2) is 48.5 Å². The highest BCUT2D eigenvalue weighted by Gasteiger charge is 2.44. The molecule has 2 aromatic carbocycles. The van der Waals surface area contributed by atoms with Crippen LogP contribution in [0.25, 0.3) is 0 Å². The molecule has 3 heteroatoms. The summed E-state index contributed by atoms with van der Waals surface area (Å²) >= 11 is 0. The van der Waals surface area contributed by atoms with E-state index >= 15 is 0 Å². The molecule has 1 saturated carbocycles. The first-order chi connectivity index (χ1) is 10.7. The normalized spacial score (nSPS) is 19.5. The van der Waals surface area contributed by atoms with Crippen LogP contribution < -0.4 is 9.47 Å². The summed E-state index contributed by atoms with van der Waals surface area (Å²) in [5, 5.41) is 0. The summed E-state index contributed by atoms with van der Waals surface area (Å²) in [7, 11) is 1.62. The molecule has 2 aromatic rings. The van der Waals surface area contributed by atoms with Gasteiger partial charge in [0.1, 0.15) is 11.5 Å². The average molecular weight is 296 g/mol. The highest BCUT2D eigenvalue weighted by atomic mass is 16.5. The first-order valence-electron chi connectivity index (χ1n) is 7.64. The number of ketones is 1. The first kappa shape index (κ1) is 14.6. The van der Waals surface area contributed by atoms with E-state index in [0.717, 1.165) is 23.5 Å². The van der Waals surface area contributed by atoms with Gasteiger partial charge >= 0.3 is 0 Å². The standard InChI is InChI=1S/C19H20O3/c1-3-22-16-6-4-5-14(11-16)17-12-18(17)19(20)13-7-9-15(21-2)10-8-13/h4-11,17-18H,3,12H2,1-2H3. The minimum atomic E-state index is 0.0882. The lowest BCUT2D eigenvalue weighted by atomic mass is 10.0. The zero-order chi connectivity index (χ0) is 15.5. The molecule has 22 heavy (non-hydrogen) atoms. The minimum absolute atomic E-state index is 0.0882. The second-order valence-corrected chi connectivity index (χ2v) is 5.55. The lowest BCUT2D eigenvalue weighted by Gasteiger charge is -2.06. The smallest absolute Gasteiger partial charge is 0.166 e. The third-order valence-electron chi connectivity index (χ3n) is 4.10. The molecule has 0 amide bonds. The predicted molar refractivity (Wildman–Crippen MR) is 85.8 cm³/mol. The van der Waals surface area contributed by atoms with Gasteiger partial charge in [0.15, 0.2) is 5.78 Å². The topological polar surface area (TPSA) is 35.5 Å². The molecular formula is C19H20O3. The number of rotatable bonds is 6. The van der Waals surface area contributed by atoms with Gasteiger partial charge in [-0.3, -0.25) is 4.79 Å². The summed E-state index contributed by atoms with van der Waals surface area (Å²) in [5.74, 6) is 2.27. The van der Waals surface area contributed by atoms with E-state index in [1.165, 1.54) is 5.56 Å². The third kappa shape index (κ3) is 2.98. The predicted octanol–water partition coefficient (Wildman–Crippen LogP) is 4.08. The van der Waals surface area contributed by atoms with E-state index in [1.807, 2.05) is 43.3 Å². The maximum absolute atomic E-state index is 12.5. The monoisotopic (exact) mass is 296 g/mol. The van der Waals surface area contributed by atoms with Crippen molar-refractivity contribution in [2.24, 2.45) is 5.92 Å². The Labute approximate surface area is 130 Å². The molecule has 0 spiro atoms. The average Bonchev–Trinajstić information content (AvgIpc) is 3.35. The van der Waals surface area contributed by atoms with Crippen molar-refractivity contribution in [2.75, 3.05) is 13.7 Å². The summed E-state index contributed by atoms with van der Waals surface area (Å²) < 4.78 is 10.7. The number of hydrogen-bond acceptors (Lipinski definition) is 3. The van der Waals surface area contributed by atoms with E-state index < -0.39 is 0 Å². The molecule has 0 aliphatic heterocycles. The summed E-state index contributed by atoms with van der Waals surface area (Å²) in [6.07, 6.45) is 0.917. The molecule has 3 nitrogen and oxygen atoms in total. The molecule has 0 aromatic heterocycles. The molecule has 2 atom stereocenters. The molecule has 114 valence electrons. The van der Waals surface area contributed by atoms with Crippen molar-refractivity contribution in [3.8, 4) is 11.5 Å². The molecule has 2 unspecified atom stereocenters. The molecule has 0 N–H and O–H groups in total. The van der Waals surface area contributed by atoms with Crippen molar-refractivity contribution in [2.45, 2.75) is 19.3 Å². The Morgan fingerprint density at radius 2 is 1.91 bits per heavy atom. The van der Waals surface area contributed by atoms with Gasteiger partial charge < -0.3 is 9.47 Å². The van der Waals surface area contributed by atoms with Crippen LogP contribution in [0, 0.1) is 5.92 Å². The van der Waals surface area contributed by atoms with Crippen molar-refractivity contribution >= 4 is 5.78 Å². The van der Waals surface area contributed by atoms with Crippen LogP contribution in [0.1, 0.15) is 35.2 Å². The highest BCUT2D eigenvalue weighted by molar-refractivity contribution is 6.00. The maximum Gasteiger partial charge on any atom is 0.166 e. The van der Waals surface area contributed by atoms with Gasteiger partial charge in [0.2, 0.25) is 0 Å². The summed E-state index contributed by atoms with van der Waals surface area (Å²) in [5.41, 5.74) is 1.95. The zero-order valence-corrected chi connectivity index (χ0v) is 12.9. The van der Waals surface area contributed by atoms with Crippen molar-refractivity contribution in [3.05, 3.63) is 59.7 Å². The van der Waals surface area contributed by atoms with Crippen LogP contribution in [-0.2, 0) is 0 Å². The van der Waals surface area contributed by atoms with E-state index in [-0.39, 0.29) is 11.7 Å². The van der Waals surface area contributed by atoms with Gasteiger partial charge in [-0.2, -0.15) is 0 Å². The Kier molecular flexibility index (Phi) is 4.14. The number of hydrogen-bond donors (Lipinski definition) is 0. The summed E-state index contributed by atoms with van der Waals surface area (Å²) in [6.45, 7) is 2.63. The fourth-order valence-corrected chi connectivity index (χ4v) is 2.82.